The molecular weight excluding hydrogens is 220 g/mol. The van der Waals surface area contributed by atoms with Crippen molar-refractivity contribution in [3.05, 3.63) is 12.7 Å². The summed E-state index contributed by atoms with van der Waals surface area (Å²) in [6.07, 6.45) is 3.07. The highest BCUT2D eigenvalue weighted by Gasteiger charge is 2.31. The molecule has 5 heteroatoms. The standard InChI is InChI=1S/C12H18N2O3/c1-2-11(15)13-5-6-14(12(16)9-13)10-3-7-17-8-4-10/h2,10H,1,3-9H2. The fourth-order valence-electron chi connectivity index (χ4n) is 2.39. The van der Waals surface area contributed by atoms with E-state index in [4.69, 9.17) is 4.74 Å². The second-order valence-electron chi connectivity index (χ2n) is 4.39. The van der Waals surface area contributed by atoms with E-state index >= 15 is 0 Å². The van der Waals surface area contributed by atoms with Gasteiger partial charge in [0.25, 0.3) is 0 Å². The quantitative estimate of drug-likeness (QED) is 0.637. The van der Waals surface area contributed by atoms with E-state index in [9.17, 15) is 9.59 Å². The second kappa shape index (κ2) is 5.31. The maximum Gasteiger partial charge on any atom is 0.246 e. The average Bonchev–Trinajstić information content (AvgIpc) is 2.38. The third kappa shape index (κ3) is 2.66. The van der Waals surface area contributed by atoms with E-state index in [0.29, 0.717) is 13.1 Å². The second-order valence-corrected chi connectivity index (χ2v) is 4.39. The first kappa shape index (κ1) is 12.1. The predicted molar refractivity (Wildman–Crippen MR) is 62.3 cm³/mol. The van der Waals surface area contributed by atoms with Crippen LogP contribution in [0.15, 0.2) is 12.7 Å². The van der Waals surface area contributed by atoms with Crippen LogP contribution in [0.1, 0.15) is 12.8 Å². The first-order valence-electron chi connectivity index (χ1n) is 6.01. The van der Waals surface area contributed by atoms with E-state index in [0.717, 1.165) is 26.1 Å². The summed E-state index contributed by atoms with van der Waals surface area (Å²) in [5.74, 6) is -0.122. The Balaban J connectivity index is 1.93. The van der Waals surface area contributed by atoms with Gasteiger partial charge in [-0.15, -0.1) is 0 Å². The summed E-state index contributed by atoms with van der Waals surface area (Å²) in [7, 11) is 0. The van der Waals surface area contributed by atoms with Gasteiger partial charge in [0.1, 0.15) is 6.54 Å². The zero-order chi connectivity index (χ0) is 12.3. The molecule has 2 aliphatic rings. The fourth-order valence-corrected chi connectivity index (χ4v) is 2.39. The van der Waals surface area contributed by atoms with Crippen LogP contribution in [0.3, 0.4) is 0 Å². The molecular formula is C12H18N2O3. The van der Waals surface area contributed by atoms with Gasteiger partial charge in [0.15, 0.2) is 0 Å². The van der Waals surface area contributed by atoms with Gasteiger partial charge in [-0.2, -0.15) is 0 Å². The van der Waals surface area contributed by atoms with Crippen molar-refractivity contribution < 1.29 is 14.3 Å². The molecule has 0 bridgehead atoms. The normalized spacial score (nSPS) is 22.7. The number of carbonyl (C=O) groups excluding carboxylic acids is 2. The van der Waals surface area contributed by atoms with Crippen LogP contribution in [0, 0.1) is 0 Å². The Labute approximate surface area is 101 Å². The third-order valence-electron chi connectivity index (χ3n) is 3.38. The molecule has 17 heavy (non-hydrogen) atoms. The number of amides is 2. The van der Waals surface area contributed by atoms with Crippen molar-refractivity contribution in [3.8, 4) is 0 Å². The molecule has 0 aliphatic carbocycles. The molecule has 0 saturated carbocycles. The molecule has 0 atom stereocenters. The van der Waals surface area contributed by atoms with Crippen LogP contribution in [0.25, 0.3) is 0 Å². The summed E-state index contributed by atoms with van der Waals surface area (Å²) in [6.45, 7) is 6.30. The smallest absolute Gasteiger partial charge is 0.246 e. The molecule has 2 heterocycles. The van der Waals surface area contributed by atoms with Gasteiger partial charge in [0.2, 0.25) is 11.8 Å². The van der Waals surface area contributed by atoms with Crippen LogP contribution in [0.4, 0.5) is 0 Å². The lowest BCUT2D eigenvalue weighted by atomic mass is 10.1. The van der Waals surface area contributed by atoms with Crippen LogP contribution >= 0.6 is 0 Å². The van der Waals surface area contributed by atoms with E-state index in [-0.39, 0.29) is 24.4 Å². The number of rotatable bonds is 2. The van der Waals surface area contributed by atoms with Gasteiger partial charge in [-0.25, -0.2) is 0 Å². The monoisotopic (exact) mass is 238 g/mol. The third-order valence-corrected chi connectivity index (χ3v) is 3.38. The lowest BCUT2D eigenvalue weighted by molar-refractivity contribution is -0.146. The van der Waals surface area contributed by atoms with E-state index in [2.05, 4.69) is 6.58 Å². The molecule has 2 amide bonds. The molecule has 2 aliphatic heterocycles. The fraction of sp³-hybridized carbons (Fsp3) is 0.667. The van der Waals surface area contributed by atoms with Gasteiger partial charge >= 0.3 is 0 Å². The van der Waals surface area contributed by atoms with Gasteiger partial charge in [0.05, 0.1) is 0 Å². The van der Waals surface area contributed by atoms with Crippen molar-refractivity contribution in [2.75, 3.05) is 32.8 Å². The van der Waals surface area contributed by atoms with Gasteiger partial charge in [-0.3, -0.25) is 9.59 Å². The van der Waals surface area contributed by atoms with Gasteiger partial charge in [-0.1, -0.05) is 6.58 Å². The minimum absolute atomic E-state index is 0.0401. The van der Waals surface area contributed by atoms with E-state index < -0.39 is 0 Å². The number of hydrogen-bond acceptors (Lipinski definition) is 3. The molecule has 0 N–H and O–H groups in total. The van der Waals surface area contributed by atoms with Crippen molar-refractivity contribution in [3.63, 3.8) is 0 Å². The minimum Gasteiger partial charge on any atom is -0.381 e. The number of piperazine rings is 1. The maximum absolute atomic E-state index is 12.0. The zero-order valence-electron chi connectivity index (χ0n) is 9.93. The van der Waals surface area contributed by atoms with Crippen molar-refractivity contribution >= 4 is 11.8 Å². The topological polar surface area (TPSA) is 49.9 Å². The molecule has 0 aromatic rings. The summed E-state index contributed by atoms with van der Waals surface area (Å²) in [4.78, 5) is 26.8. The molecule has 0 spiro atoms. The molecule has 0 radical (unpaired) electrons. The Morgan fingerprint density at radius 3 is 2.65 bits per heavy atom. The van der Waals surface area contributed by atoms with E-state index in [1.54, 1.807) is 4.90 Å². The molecule has 0 aromatic carbocycles. The summed E-state index contributed by atoms with van der Waals surface area (Å²) in [6, 6.07) is 0.289. The number of hydrogen-bond donors (Lipinski definition) is 0. The van der Waals surface area contributed by atoms with Crippen LogP contribution in [0.2, 0.25) is 0 Å². The number of ether oxygens (including phenoxy) is 1. The summed E-state index contributed by atoms with van der Waals surface area (Å²) in [5.41, 5.74) is 0. The van der Waals surface area contributed by atoms with E-state index in [1.807, 2.05) is 4.90 Å². The summed E-state index contributed by atoms with van der Waals surface area (Å²) >= 11 is 0. The molecule has 2 rings (SSSR count). The Morgan fingerprint density at radius 2 is 2.06 bits per heavy atom. The van der Waals surface area contributed by atoms with Gasteiger partial charge in [0, 0.05) is 32.3 Å². The summed E-state index contributed by atoms with van der Waals surface area (Å²) in [5, 5.41) is 0. The Bertz CT molecular complexity index is 324. The Kier molecular flexibility index (Phi) is 3.78. The van der Waals surface area contributed by atoms with E-state index in [1.165, 1.54) is 6.08 Å². The SMILES string of the molecule is C=CC(=O)N1CCN(C2CCOCC2)C(=O)C1. The predicted octanol–water partition coefficient (Wildman–Crippen LogP) is 0.0222. The van der Waals surface area contributed by atoms with Crippen LogP contribution in [-0.2, 0) is 14.3 Å². The van der Waals surface area contributed by atoms with Crippen molar-refractivity contribution in [2.24, 2.45) is 0 Å². The largest absolute Gasteiger partial charge is 0.381 e. The molecule has 0 unspecified atom stereocenters. The zero-order valence-corrected chi connectivity index (χ0v) is 9.93. The number of carbonyl (C=O) groups is 2. The summed E-state index contributed by atoms with van der Waals surface area (Å²) < 4.78 is 5.29. The first-order valence-corrected chi connectivity index (χ1v) is 6.01. The van der Waals surface area contributed by atoms with Crippen LogP contribution in [0.5, 0.6) is 0 Å². The molecule has 0 aromatic heterocycles. The van der Waals surface area contributed by atoms with Crippen molar-refractivity contribution in [2.45, 2.75) is 18.9 Å². The van der Waals surface area contributed by atoms with Gasteiger partial charge < -0.3 is 14.5 Å². The molecule has 2 fully saturated rings. The molecule has 2 saturated heterocycles. The number of nitrogens with zero attached hydrogens (tertiary/aromatic N) is 2. The van der Waals surface area contributed by atoms with Crippen molar-refractivity contribution in [1.29, 1.82) is 0 Å². The maximum atomic E-state index is 12.0. The highest BCUT2D eigenvalue weighted by atomic mass is 16.5. The van der Waals surface area contributed by atoms with Gasteiger partial charge in [-0.05, 0) is 18.9 Å². The Hall–Kier alpha value is -1.36. The van der Waals surface area contributed by atoms with Crippen LogP contribution in [-0.4, -0.2) is 60.5 Å². The average molecular weight is 238 g/mol. The van der Waals surface area contributed by atoms with Crippen LogP contribution < -0.4 is 0 Å². The Morgan fingerprint density at radius 1 is 1.35 bits per heavy atom. The molecule has 5 nitrogen and oxygen atoms in total. The minimum atomic E-state index is -0.162. The first-order chi connectivity index (χ1) is 8.22. The lowest BCUT2D eigenvalue weighted by Crippen LogP contribution is -2.56. The highest BCUT2D eigenvalue weighted by Crippen LogP contribution is 2.17. The molecule has 94 valence electrons. The highest BCUT2D eigenvalue weighted by molar-refractivity contribution is 5.91. The van der Waals surface area contributed by atoms with Crippen molar-refractivity contribution in [1.82, 2.24) is 9.80 Å². The lowest BCUT2D eigenvalue weighted by Gasteiger charge is -2.40.